The van der Waals surface area contributed by atoms with E-state index in [1.54, 1.807) is 68.4 Å². The number of rotatable bonds is 4. The summed E-state index contributed by atoms with van der Waals surface area (Å²) >= 11 is 0. The molecule has 8 nitrogen and oxygen atoms in total. The van der Waals surface area contributed by atoms with Crippen LogP contribution in [-0.4, -0.2) is 28.8 Å². The third kappa shape index (κ3) is 2.66. The first kappa shape index (κ1) is 22.2. The standard InChI is InChI=1S/C28H22N2O6/c1-15(2)36-27(33)16-8-7-9-17(14-16)29-25(31)23-22-18-10-3-5-12-20(18)28(30(34)35,24(23)26(29)32)21-13-6-4-11-19(21)22/h3-15,22-24H,1-2H3/t22?,23-,24-,28?/m1/s1. The Kier molecular flexibility index (Phi) is 4.67. The smallest absolute Gasteiger partial charge is 0.338 e. The molecule has 0 saturated carbocycles. The van der Waals surface area contributed by atoms with Gasteiger partial charge in [-0.3, -0.25) is 19.7 Å². The zero-order valence-corrected chi connectivity index (χ0v) is 19.6. The maximum absolute atomic E-state index is 14.0. The minimum atomic E-state index is -1.89. The molecule has 2 atom stereocenters. The van der Waals surface area contributed by atoms with Crippen LogP contribution in [0, 0.1) is 22.0 Å². The van der Waals surface area contributed by atoms with Crippen molar-refractivity contribution in [1.29, 1.82) is 0 Å². The van der Waals surface area contributed by atoms with Gasteiger partial charge in [0.05, 0.1) is 23.3 Å². The fourth-order valence-corrected chi connectivity index (χ4v) is 6.35. The monoisotopic (exact) mass is 482 g/mol. The Balaban J connectivity index is 1.55. The molecule has 0 unspecified atom stereocenters. The number of imide groups is 1. The van der Waals surface area contributed by atoms with Gasteiger partial charge in [-0.25, -0.2) is 9.69 Å². The Bertz CT molecular complexity index is 1430. The van der Waals surface area contributed by atoms with E-state index in [9.17, 15) is 24.5 Å². The molecule has 0 N–H and O–H groups in total. The second-order valence-corrected chi connectivity index (χ2v) is 9.70. The van der Waals surface area contributed by atoms with E-state index >= 15 is 0 Å². The van der Waals surface area contributed by atoms with E-state index in [1.807, 2.05) is 12.1 Å². The van der Waals surface area contributed by atoms with Crippen LogP contribution in [-0.2, 0) is 19.9 Å². The Morgan fingerprint density at radius 1 is 0.944 bits per heavy atom. The molecular weight excluding hydrogens is 460 g/mol. The number of hydrogen-bond acceptors (Lipinski definition) is 6. The van der Waals surface area contributed by atoms with Gasteiger partial charge in [0.1, 0.15) is 5.92 Å². The average Bonchev–Trinajstić information content (AvgIpc) is 3.14. The third-order valence-electron chi connectivity index (χ3n) is 7.54. The van der Waals surface area contributed by atoms with Crippen molar-refractivity contribution < 1.29 is 24.0 Å². The molecule has 180 valence electrons. The summed E-state index contributed by atoms with van der Waals surface area (Å²) in [7, 11) is 0. The van der Waals surface area contributed by atoms with Gasteiger partial charge < -0.3 is 4.74 Å². The highest BCUT2D eigenvalue weighted by atomic mass is 16.6. The van der Waals surface area contributed by atoms with E-state index in [2.05, 4.69) is 0 Å². The summed E-state index contributed by atoms with van der Waals surface area (Å²) in [5.74, 6) is -4.34. The maximum Gasteiger partial charge on any atom is 0.338 e. The Morgan fingerprint density at radius 3 is 2.14 bits per heavy atom. The second-order valence-electron chi connectivity index (χ2n) is 9.70. The fourth-order valence-electron chi connectivity index (χ4n) is 6.35. The summed E-state index contributed by atoms with van der Waals surface area (Å²) in [6.07, 6.45) is -0.341. The molecule has 8 heteroatoms. The van der Waals surface area contributed by atoms with Crippen molar-refractivity contribution in [3.8, 4) is 0 Å². The fraction of sp³-hybridized carbons (Fsp3) is 0.250. The summed E-state index contributed by atoms with van der Waals surface area (Å²) in [5.41, 5.74) is 0.813. The number of nitrogens with zero attached hydrogens (tertiary/aromatic N) is 2. The third-order valence-corrected chi connectivity index (χ3v) is 7.54. The summed E-state index contributed by atoms with van der Waals surface area (Å²) in [6, 6.07) is 20.2. The van der Waals surface area contributed by atoms with Crippen LogP contribution in [0.2, 0.25) is 0 Å². The van der Waals surface area contributed by atoms with Crippen LogP contribution in [0.5, 0.6) is 0 Å². The zero-order valence-electron chi connectivity index (χ0n) is 19.6. The number of esters is 1. The Morgan fingerprint density at radius 2 is 1.56 bits per heavy atom. The van der Waals surface area contributed by atoms with Crippen molar-refractivity contribution in [3.05, 3.63) is 111 Å². The molecule has 4 aliphatic rings. The van der Waals surface area contributed by atoms with E-state index < -0.39 is 46.0 Å². The number of benzene rings is 3. The number of amides is 2. The quantitative estimate of drug-likeness (QED) is 0.240. The molecule has 0 aromatic heterocycles. The van der Waals surface area contributed by atoms with Gasteiger partial charge in [0.25, 0.3) is 5.54 Å². The topological polar surface area (TPSA) is 107 Å². The first-order valence-corrected chi connectivity index (χ1v) is 11.8. The molecule has 0 radical (unpaired) electrons. The van der Waals surface area contributed by atoms with Crippen LogP contribution in [0.1, 0.15) is 52.4 Å². The predicted octanol–water partition coefficient (Wildman–Crippen LogP) is 4.04. The second kappa shape index (κ2) is 7.58. The van der Waals surface area contributed by atoms with Gasteiger partial charge in [-0.2, -0.15) is 0 Å². The molecule has 1 heterocycles. The van der Waals surface area contributed by atoms with Crippen LogP contribution >= 0.6 is 0 Å². The highest BCUT2D eigenvalue weighted by Crippen LogP contribution is 2.64. The van der Waals surface area contributed by atoms with Crippen LogP contribution in [0.25, 0.3) is 0 Å². The Hall–Kier alpha value is -4.33. The SMILES string of the molecule is CC(C)OC(=O)c1cccc(N2C(=O)[C@@H]3C4c5ccccc5C([N+](=O)[O-])(c5ccccc54)[C@H]3C2=O)c1. The van der Waals surface area contributed by atoms with Gasteiger partial charge in [0.2, 0.25) is 11.8 Å². The number of carbonyl (C=O) groups is 3. The first-order chi connectivity index (χ1) is 17.3. The van der Waals surface area contributed by atoms with E-state index in [0.717, 1.165) is 4.90 Å². The number of nitro groups is 1. The molecule has 2 bridgehead atoms. The number of ether oxygens (including phenoxy) is 1. The normalized spacial score (nSPS) is 25.4. The molecule has 1 aliphatic heterocycles. The minimum Gasteiger partial charge on any atom is -0.459 e. The van der Waals surface area contributed by atoms with Crippen LogP contribution < -0.4 is 4.90 Å². The summed E-state index contributed by atoms with van der Waals surface area (Å²) in [4.78, 5) is 54.1. The van der Waals surface area contributed by atoms with E-state index in [4.69, 9.17) is 4.74 Å². The lowest BCUT2D eigenvalue weighted by Crippen LogP contribution is -2.57. The van der Waals surface area contributed by atoms with Crippen molar-refractivity contribution in [3.63, 3.8) is 0 Å². The minimum absolute atomic E-state index is 0.190. The lowest BCUT2D eigenvalue weighted by Gasteiger charge is -2.48. The van der Waals surface area contributed by atoms with Crippen LogP contribution in [0.3, 0.4) is 0 Å². The molecule has 7 rings (SSSR count). The predicted molar refractivity (Wildman–Crippen MR) is 129 cm³/mol. The van der Waals surface area contributed by atoms with Gasteiger partial charge in [-0.1, -0.05) is 54.6 Å². The van der Waals surface area contributed by atoms with Crippen molar-refractivity contribution in [2.24, 2.45) is 11.8 Å². The molecule has 1 saturated heterocycles. The van der Waals surface area contributed by atoms with Crippen LogP contribution in [0.4, 0.5) is 5.69 Å². The molecular formula is C28H22N2O6. The molecule has 0 spiro atoms. The van der Waals surface area contributed by atoms with E-state index in [1.165, 1.54) is 6.07 Å². The average molecular weight is 482 g/mol. The van der Waals surface area contributed by atoms with Crippen molar-refractivity contribution in [1.82, 2.24) is 0 Å². The van der Waals surface area contributed by atoms with Gasteiger partial charge in [0.15, 0.2) is 0 Å². The van der Waals surface area contributed by atoms with Crippen molar-refractivity contribution in [2.45, 2.75) is 31.4 Å². The first-order valence-electron chi connectivity index (χ1n) is 11.8. The number of hydrogen-bond donors (Lipinski definition) is 0. The number of anilines is 1. The molecule has 2 amide bonds. The summed E-state index contributed by atoms with van der Waals surface area (Å²) < 4.78 is 5.26. The molecule has 3 aliphatic carbocycles. The van der Waals surface area contributed by atoms with Gasteiger partial charge in [-0.15, -0.1) is 0 Å². The van der Waals surface area contributed by atoms with Gasteiger partial charge in [0, 0.05) is 22.0 Å². The van der Waals surface area contributed by atoms with E-state index in [-0.39, 0.29) is 17.4 Å². The lowest BCUT2D eigenvalue weighted by atomic mass is 9.51. The summed E-state index contributed by atoms with van der Waals surface area (Å²) in [6.45, 7) is 3.45. The molecule has 3 aromatic carbocycles. The summed E-state index contributed by atoms with van der Waals surface area (Å²) in [5, 5.41) is 13.0. The number of carbonyl (C=O) groups excluding carboxylic acids is 3. The Labute approximate surface area is 206 Å². The van der Waals surface area contributed by atoms with E-state index in [0.29, 0.717) is 22.3 Å². The van der Waals surface area contributed by atoms with Gasteiger partial charge in [-0.05, 0) is 43.2 Å². The van der Waals surface area contributed by atoms with Crippen molar-refractivity contribution in [2.75, 3.05) is 4.90 Å². The van der Waals surface area contributed by atoms with Gasteiger partial charge >= 0.3 is 5.97 Å². The molecule has 1 fully saturated rings. The van der Waals surface area contributed by atoms with Crippen molar-refractivity contribution >= 4 is 23.5 Å². The highest BCUT2D eigenvalue weighted by molar-refractivity contribution is 6.23. The lowest BCUT2D eigenvalue weighted by molar-refractivity contribution is -0.578. The molecule has 3 aromatic rings. The zero-order chi connectivity index (χ0) is 25.4. The molecule has 36 heavy (non-hydrogen) atoms. The highest BCUT2D eigenvalue weighted by Gasteiger charge is 2.74. The largest absolute Gasteiger partial charge is 0.459 e. The maximum atomic E-state index is 14.0. The van der Waals surface area contributed by atoms with Crippen LogP contribution in [0.15, 0.2) is 72.8 Å².